The van der Waals surface area contributed by atoms with Crippen molar-refractivity contribution < 1.29 is 19.0 Å². The lowest BCUT2D eigenvalue weighted by molar-refractivity contribution is -0.132. The molecule has 1 N–H and O–H groups in total. The van der Waals surface area contributed by atoms with E-state index in [2.05, 4.69) is 11.4 Å². The first-order valence-corrected chi connectivity index (χ1v) is 9.55. The number of carbonyl (C=O) groups is 1. The summed E-state index contributed by atoms with van der Waals surface area (Å²) in [5.41, 5.74) is 0.957. The molecule has 8 heteroatoms. The molecule has 0 aromatic heterocycles. The third-order valence-electron chi connectivity index (χ3n) is 4.75. The lowest BCUT2D eigenvalue weighted by Crippen LogP contribution is -2.46. The van der Waals surface area contributed by atoms with Gasteiger partial charge in [0.1, 0.15) is 6.04 Å². The fourth-order valence-electron chi connectivity index (χ4n) is 3.42. The van der Waals surface area contributed by atoms with Crippen LogP contribution in [-0.2, 0) is 4.79 Å². The second-order valence-corrected chi connectivity index (χ2v) is 7.35. The Morgan fingerprint density at radius 3 is 2.54 bits per heavy atom. The van der Waals surface area contributed by atoms with Crippen molar-refractivity contribution in [1.29, 1.82) is 5.26 Å². The van der Waals surface area contributed by atoms with Gasteiger partial charge in [0, 0.05) is 12.3 Å². The summed E-state index contributed by atoms with van der Waals surface area (Å²) in [4.78, 5) is 14.5. The summed E-state index contributed by atoms with van der Waals surface area (Å²) in [5, 5.41) is 12.5. The first-order valence-electron chi connectivity index (χ1n) is 8.50. The van der Waals surface area contributed by atoms with Gasteiger partial charge in [-0.1, -0.05) is 0 Å². The van der Waals surface area contributed by atoms with Gasteiger partial charge < -0.3 is 19.1 Å². The Labute approximate surface area is 157 Å². The van der Waals surface area contributed by atoms with Crippen molar-refractivity contribution in [2.24, 2.45) is 0 Å². The standard InChI is InChI=1S/C18H23N3O4S/c1-23-14-7-11(8-15(24-2)16(14)25-3)17-20-13(10-26-17)18(22)21-6-4-5-12(21)9-19/h7-8,12-13,17,20H,4-6,10H2,1-3H3/t12-,13-,17?/m0/s1. The van der Waals surface area contributed by atoms with Crippen molar-refractivity contribution in [2.75, 3.05) is 33.6 Å². The largest absolute Gasteiger partial charge is 0.493 e. The maximum atomic E-state index is 12.8. The van der Waals surface area contributed by atoms with Crippen molar-refractivity contribution >= 4 is 17.7 Å². The minimum Gasteiger partial charge on any atom is -0.493 e. The average Bonchev–Trinajstić information content (AvgIpc) is 3.35. The molecule has 26 heavy (non-hydrogen) atoms. The van der Waals surface area contributed by atoms with Gasteiger partial charge in [0.15, 0.2) is 11.5 Å². The number of benzene rings is 1. The maximum Gasteiger partial charge on any atom is 0.241 e. The zero-order valence-corrected chi connectivity index (χ0v) is 16.0. The molecule has 2 aliphatic rings. The first kappa shape index (κ1) is 18.7. The summed E-state index contributed by atoms with van der Waals surface area (Å²) in [6.45, 7) is 0.661. The molecular formula is C18H23N3O4S. The van der Waals surface area contributed by atoms with Gasteiger partial charge in [-0.2, -0.15) is 5.26 Å². The Hall–Kier alpha value is -2.11. The van der Waals surface area contributed by atoms with Gasteiger partial charge in [-0.05, 0) is 30.5 Å². The summed E-state index contributed by atoms with van der Waals surface area (Å²) in [6.07, 6.45) is 1.65. The molecule has 0 aliphatic carbocycles. The quantitative estimate of drug-likeness (QED) is 0.839. The normalized spacial score (nSPS) is 25.0. The van der Waals surface area contributed by atoms with Crippen LogP contribution in [0.1, 0.15) is 23.8 Å². The zero-order valence-electron chi connectivity index (χ0n) is 15.2. The van der Waals surface area contributed by atoms with E-state index in [9.17, 15) is 10.1 Å². The molecule has 3 rings (SSSR count). The topological polar surface area (TPSA) is 83.8 Å². The number of carbonyl (C=O) groups excluding carboxylic acids is 1. The zero-order chi connectivity index (χ0) is 18.7. The van der Waals surface area contributed by atoms with Crippen LogP contribution in [0.2, 0.25) is 0 Å². The summed E-state index contributed by atoms with van der Waals surface area (Å²) >= 11 is 1.66. The van der Waals surface area contributed by atoms with E-state index in [0.717, 1.165) is 18.4 Å². The smallest absolute Gasteiger partial charge is 0.241 e. The number of rotatable bonds is 5. The lowest BCUT2D eigenvalue weighted by Gasteiger charge is -2.23. The highest BCUT2D eigenvalue weighted by molar-refractivity contribution is 7.99. The minimum absolute atomic E-state index is 0.0106. The highest BCUT2D eigenvalue weighted by Crippen LogP contribution is 2.43. The predicted molar refractivity (Wildman–Crippen MR) is 98.6 cm³/mol. The van der Waals surface area contributed by atoms with Crippen molar-refractivity contribution in [3.8, 4) is 23.3 Å². The van der Waals surface area contributed by atoms with Crippen LogP contribution < -0.4 is 19.5 Å². The van der Waals surface area contributed by atoms with E-state index in [-0.39, 0.29) is 23.4 Å². The predicted octanol–water partition coefficient (Wildman–Crippen LogP) is 1.93. The van der Waals surface area contributed by atoms with E-state index in [1.807, 2.05) is 12.1 Å². The van der Waals surface area contributed by atoms with E-state index in [1.165, 1.54) is 0 Å². The van der Waals surface area contributed by atoms with Crippen LogP contribution in [0.25, 0.3) is 0 Å². The molecule has 1 unspecified atom stereocenters. The molecule has 1 aromatic rings. The third kappa shape index (κ3) is 3.41. The summed E-state index contributed by atoms with van der Waals surface area (Å²) in [6, 6.07) is 5.43. The summed E-state index contributed by atoms with van der Waals surface area (Å²) in [7, 11) is 4.73. The second-order valence-electron chi connectivity index (χ2n) is 6.21. The molecular weight excluding hydrogens is 354 g/mol. The maximum absolute atomic E-state index is 12.8. The number of thioether (sulfide) groups is 1. The van der Waals surface area contributed by atoms with E-state index in [1.54, 1.807) is 38.0 Å². The van der Waals surface area contributed by atoms with Gasteiger partial charge in [-0.15, -0.1) is 11.8 Å². The fourth-order valence-corrected chi connectivity index (χ4v) is 4.64. The second kappa shape index (κ2) is 8.06. The van der Waals surface area contributed by atoms with Crippen LogP contribution in [-0.4, -0.2) is 56.5 Å². The molecule has 2 aliphatic heterocycles. The van der Waals surface area contributed by atoms with E-state index in [0.29, 0.717) is 29.5 Å². The Balaban J connectivity index is 1.76. The van der Waals surface area contributed by atoms with Gasteiger partial charge >= 0.3 is 0 Å². The number of likely N-dealkylation sites (tertiary alicyclic amines) is 1. The molecule has 3 atom stereocenters. The third-order valence-corrected chi connectivity index (χ3v) is 6.02. The molecule has 7 nitrogen and oxygen atoms in total. The van der Waals surface area contributed by atoms with Gasteiger partial charge in [-0.25, -0.2) is 0 Å². The number of amides is 1. The van der Waals surface area contributed by atoms with Gasteiger partial charge in [-0.3, -0.25) is 10.1 Å². The minimum atomic E-state index is -0.297. The monoisotopic (exact) mass is 377 g/mol. The SMILES string of the molecule is COc1cc(C2N[C@H](C(=O)N3CCC[C@H]3C#N)CS2)cc(OC)c1OC. The molecule has 0 saturated carbocycles. The molecule has 2 fully saturated rings. The van der Waals surface area contributed by atoms with E-state index >= 15 is 0 Å². The molecule has 2 saturated heterocycles. The molecule has 140 valence electrons. The van der Waals surface area contributed by atoms with Crippen LogP contribution >= 0.6 is 11.8 Å². The number of nitrogens with one attached hydrogen (secondary N) is 1. The number of ether oxygens (including phenoxy) is 3. The van der Waals surface area contributed by atoms with Crippen LogP contribution in [0, 0.1) is 11.3 Å². The van der Waals surface area contributed by atoms with Crippen LogP contribution in [0.15, 0.2) is 12.1 Å². The number of hydrogen-bond acceptors (Lipinski definition) is 7. The van der Waals surface area contributed by atoms with Gasteiger partial charge in [0.2, 0.25) is 11.7 Å². The van der Waals surface area contributed by atoms with E-state index < -0.39 is 0 Å². The molecule has 0 radical (unpaired) electrons. The van der Waals surface area contributed by atoms with Crippen LogP contribution in [0.5, 0.6) is 17.2 Å². The Bertz CT molecular complexity index is 696. The molecule has 2 heterocycles. The molecule has 1 aromatic carbocycles. The van der Waals surface area contributed by atoms with Crippen molar-refractivity contribution in [1.82, 2.24) is 10.2 Å². The van der Waals surface area contributed by atoms with Gasteiger partial charge in [0.25, 0.3) is 0 Å². The number of nitriles is 1. The van der Waals surface area contributed by atoms with Crippen molar-refractivity contribution in [2.45, 2.75) is 30.3 Å². The lowest BCUT2D eigenvalue weighted by atomic mass is 10.1. The fraction of sp³-hybridized carbons (Fsp3) is 0.556. The number of hydrogen-bond donors (Lipinski definition) is 1. The van der Waals surface area contributed by atoms with Crippen molar-refractivity contribution in [3.05, 3.63) is 17.7 Å². The number of nitrogens with zero attached hydrogens (tertiary/aromatic N) is 2. The molecule has 0 spiro atoms. The Morgan fingerprint density at radius 2 is 1.96 bits per heavy atom. The average molecular weight is 377 g/mol. The van der Waals surface area contributed by atoms with Crippen LogP contribution in [0.4, 0.5) is 0 Å². The highest BCUT2D eigenvalue weighted by Gasteiger charge is 2.38. The molecule has 0 bridgehead atoms. The summed E-state index contributed by atoms with van der Waals surface area (Å²) in [5.74, 6) is 2.39. The van der Waals surface area contributed by atoms with E-state index in [4.69, 9.17) is 14.2 Å². The van der Waals surface area contributed by atoms with Crippen LogP contribution in [0.3, 0.4) is 0 Å². The highest BCUT2D eigenvalue weighted by atomic mass is 32.2. The first-order chi connectivity index (χ1) is 12.6. The summed E-state index contributed by atoms with van der Waals surface area (Å²) < 4.78 is 16.2. The number of methoxy groups -OCH3 is 3. The van der Waals surface area contributed by atoms with Crippen molar-refractivity contribution in [3.63, 3.8) is 0 Å². The Morgan fingerprint density at radius 1 is 1.27 bits per heavy atom. The van der Waals surface area contributed by atoms with Gasteiger partial charge in [0.05, 0.1) is 38.8 Å². The molecule has 1 amide bonds. The Kier molecular flexibility index (Phi) is 5.79.